The molecule has 0 atom stereocenters. The van der Waals surface area contributed by atoms with Gasteiger partial charge in [-0.3, -0.25) is 0 Å². The van der Waals surface area contributed by atoms with Crippen LogP contribution in [-0.2, 0) is 26.7 Å². The molecule has 0 unspecified atom stereocenters. The van der Waals surface area contributed by atoms with Crippen molar-refractivity contribution >= 4 is 11.9 Å². The first-order valence-electron chi connectivity index (χ1n) is 1.07. The summed E-state index contributed by atoms with van der Waals surface area (Å²) in [5.41, 5.74) is 0. The number of carboxylic acids is 2. The Kier molecular flexibility index (Phi) is 173. The zero-order chi connectivity index (χ0) is 5.15. The molecule has 10 heteroatoms. The molecule has 0 saturated carbocycles. The molecule has 0 amide bonds. The number of rotatable bonds is 0. The van der Waals surface area contributed by atoms with E-state index in [1.54, 1.807) is 0 Å². The molecule has 0 aromatic carbocycles. The van der Waals surface area contributed by atoms with Crippen LogP contribution in [0.3, 0.4) is 0 Å². The van der Waals surface area contributed by atoms with Crippen LogP contribution in [0.4, 0.5) is 0 Å². The van der Waals surface area contributed by atoms with Crippen molar-refractivity contribution in [2.24, 2.45) is 0 Å². The van der Waals surface area contributed by atoms with E-state index >= 15 is 0 Å². The average Bonchev–Trinajstić information content (AvgIpc) is 1.36. The van der Waals surface area contributed by atoms with Gasteiger partial charge in [-0.15, -0.1) is 0 Å². The van der Waals surface area contributed by atoms with Gasteiger partial charge >= 0.3 is 17.1 Å². The molecule has 0 aliphatic carbocycles. The van der Waals surface area contributed by atoms with Crippen LogP contribution < -0.4 is 10.2 Å². The molecule has 1 radical (unpaired) electrons. The van der Waals surface area contributed by atoms with Crippen molar-refractivity contribution in [3.8, 4) is 0 Å². The van der Waals surface area contributed by atoms with Gasteiger partial charge in [0.15, 0.2) is 0 Å². The Labute approximate surface area is 77.0 Å². The Morgan fingerprint density at radius 3 is 0.750 bits per heavy atom. The molecule has 0 saturated heterocycles. The second kappa shape index (κ2) is 31.8. The van der Waals surface area contributed by atoms with Gasteiger partial charge in [0, 0.05) is 0 Å². The minimum atomic E-state index is -2.19. The van der Waals surface area contributed by atoms with Crippen molar-refractivity contribution in [3.63, 3.8) is 0 Å². The predicted octanol–water partition coefficient (Wildman–Crippen LogP) is -7.64. The SMILES string of the molecule is O.O.O.O.O.O=C([O-])C(=O)[O-].[Fe+3]. The summed E-state index contributed by atoms with van der Waals surface area (Å²) in [5.74, 6) is -4.37. The maximum Gasteiger partial charge on any atom is 3.00 e. The second-order valence-corrected chi connectivity index (χ2v) is 0.575. The number of carbonyl (C=O) groups excluding carboxylic acids is 2. The maximum absolute atomic E-state index is 8.93. The summed E-state index contributed by atoms with van der Waals surface area (Å²) < 4.78 is 0. The van der Waals surface area contributed by atoms with Gasteiger partial charge in [-0.25, -0.2) is 0 Å². The quantitative estimate of drug-likeness (QED) is 0.292. The van der Waals surface area contributed by atoms with Crippen molar-refractivity contribution in [2.75, 3.05) is 0 Å². The Bertz CT molecular complexity index is 78.5. The van der Waals surface area contributed by atoms with E-state index in [0.29, 0.717) is 0 Å². The van der Waals surface area contributed by atoms with Crippen molar-refractivity contribution in [2.45, 2.75) is 0 Å². The summed E-state index contributed by atoms with van der Waals surface area (Å²) in [5, 5.41) is 17.9. The van der Waals surface area contributed by atoms with Crippen molar-refractivity contribution in [3.05, 3.63) is 0 Å². The summed E-state index contributed by atoms with van der Waals surface area (Å²) >= 11 is 0. The van der Waals surface area contributed by atoms with Gasteiger partial charge in [-0.05, 0) is 0 Å². The Hall–Kier alpha value is -0.741. The average molecular weight is 234 g/mol. The fourth-order valence-electron chi connectivity index (χ4n) is 0. The molecule has 0 aliphatic heterocycles. The molecule has 0 spiro atoms. The van der Waals surface area contributed by atoms with Crippen LogP contribution in [0.1, 0.15) is 0 Å². The first-order chi connectivity index (χ1) is 2.64. The molecule has 0 aliphatic rings. The number of hydrogen-bond acceptors (Lipinski definition) is 4. The largest absolute Gasteiger partial charge is 3.00 e. The van der Waals surface area contributed by atoms with E-state index in [1.807, 2.05) is 0 Å². The van der Waals surface area contributed by atoms with E-state index in [4.69, 9.17) is 19.8 Å². The van der Waals surface area contributed by atoms with E-state index in [1.165, 1.54) is 0 Å². The molecule has 0 fully saturated rings. The number of hydrogen-bond donors (Lipinski definition) is 0. The summed E-state index contributed by atoms with van der Waals surface area (Å²) in [4.78, 5) is 17.9. The van der Waals surface area contributed by atoms with E-state index in [-0.39, 0.29) is 44.4 Å². The topological polar surface area (TPSA) is 238 Å². The summed E-state index contributed by atoms with van der Waals surface area (Å²) in [7, 11) is 0. The fraction of sp³-hybridized carbons (Fsp3) is 0. The zero-order valence-electron chi connectivity index (χ0n) is 5.49. The third kappa shape index (κ3) is 59.5. The van der Waals surface area contributed by atoms with Crippen molar-refractivity contribution in [1.29, 1.82) is 0 Å². The van der Waals surface area contributed by atoms with E-state index in [0.717, 1.165) is 0 Å². The molecule has 9 nitrogen and oxygen atoms in total. The molecule has 12 heavy (non-hydrogen) atoms. The summed E-state index contributed by atoms with van der Waals surface area (Å²) in [6, 6.07) is 0. The minimum absolute atomic E-state index is 0. The Morgan fingerprint density at radius 1 is 0.667 bits per heavy atom. The molecule has 0 heterocycles. The third-order valence-electron chi connectivity index (χ3n) is 0.167. The molecule has 0 bridgehead atoms. The maximum atomic E-state index is 8.93. The molecule has 0 rings (SSSR count). The van der Waals surface area contributed by atoms with Crippen molar-refractivity contribution in [1.82, 2.24) is 0 Å². The van der Waals surface area contributed by atoms with Crippen LogP contribution in [-0.4, -0.2) is 39.3 Å². The first-order valence-corrected chi connectivity index (χ1v) is 1.07. The summed E-state index contributed by atoms with van der Waals surface area (Å²) in [6.45, 7) is 0. The fourth-order valence-corrected chi connectivity index (χ4v) is 0. The van der Waals surface area contributed by atoms with Gasteiger partial charge in [-0.2, -0.15) is 0 Å². The van der Waals surface area contributed by atoms with Crippen LogP contribution in [0.5, 0.6) is 0 Å². The van der Waals surface area contributed by atoms with Gasteiger partial charge in [-0.1, -0.05) is 0 Å². The van der Waals surface area contributed by atoms with Crippen LogP contribution in [0.25, 0.3) is 0 Å². The predicted molar refractivity (Wildman–Crippen MR) is 28.1 cm³/mol. The monoisotopic (exact) mass is 234 g/mol. The van der Waals surface area contributed by atoms with Gasteiger partial charge in [0.25, 0.3) is 0 Å². The standard InChI is InChI=1S/C2H2O4.Fe.5H2O/c3-1(4)2(5)6;;;;;;/h(H,3,4)(H,5,6);;5*1H2/q;+3;;;;;/p-2. The number of aliphatic carboxylic acids is 2. The Balaban J connectivity index is -0.00000000833. The molecule has 79 valence electrons. The molecular formula is C2H10FeO9+. The van der Waals surface area contributed by atoms with Crippen LogP contribution in [0.2, 0.25) is 0 Å². The molecule has 0 aromatic rings. The van der Waals surface area contributed by atoms with Gasteiger partial charge in [0.05, 0.1) is 11.9 Å². The van der Waals surface area contributed by atoms with Crippen molar-refractivity contribution < 1.29 is 64.3 Å². The smallest absolute Gasteiger partial charge is 0.543 e. The minimum Gasteiger partial charge on any atom is -0.543 e. The third-order valence-corrected chi connectivity index (χ3v) is 0.167. The Morgan fingerprint density at radius 2 is 0.750 bits per heavy atom. The summed E-state index contributed by atoms with van der Waals surface area (Å²) in [6.07, 6.45) is 0. The van der Waals surface area contributed by atoms with E-state index < -0.39 is 11.9 Å². The van der Waals surface area contributed by atoms with Gasteiger partial charge in [0.1, 0.15) is 0 Å². The molecule has 10 N–H and O–H groups in total. The molecular weight excluding hydrogens is 224 g/mol. The zero-order valence-corrected chi connectivity index (χ0v) is 6.59. The normalized spacial score (nSPS) is 3.67. The second-order valence-electron chi connectivity index (χ2n) is 0.575. The number of carboxylic acid groups (broad SMARTS) is 2. The van der Waals surface area contributed by atoms with Crippen LogP contribution in [0, 0.1) is 0 Å². The van der Waals surface area contributed by atoms with Crippen LogP contribution in [0.15, 0.2) is 0 Å². The first kappa shape index (κ1) is 65.3. The van der Waals surface area contributed by atoms with E-state index in [2.05, 4.69) is 0 Å². The van der Waals surface area contributed by atoms with Gasteiger partial charge in [0.2, 0.25) is 0 Å². The number of carbonyl (C=O) groups is 2. The van der Waals surface area contributed by atoms with E-state index in [9.17, 15) is 0 Å². The molecule has 0 aromatic heterocycles. The van der Waals surface area contributed by atoms with Crippen LogP contribution >= 0.6 is 0 Å². The van der Waals surface area contributed by atoms with Gasteiger partial charge < -0.3 is 47.2 Å².